The predicted octanol–water partition coefficient (Wildman–Crippen LogP) is 3.50. The molecule has 1 N–H and O–H groups in total. The fraction of sp³-hybridized carbons (Fsp3) is 0.588. The molecule has 24 heavy (non-hydrogen) atoms. The van der Waals surface area contributed by atoms with Crippen molar-refractivity contribution in [2.24, 2.45) is 5.92 Å². The maximum absolute atomic E-state index is 12.4. The second-order valence-corrected chi connectivity index (χ2v) is 7.04. The molecule has 1 atom stereocenters. The van der Waals surface area contributed by atoms with E-state index in [1.54, 1.807) is 17.0 Å². The molecule has 1 aromatic carbocycles. The molecule has 2 aliphatic heterocycles. The van der Waals surface area contributed by atoms with Crippen molar-refractivity contribution in [1.82, 2.24) is 10.2 Å². The van der Waals surface area contributed by atoms with Crippen LogP contribution in [0, 0.1) is 5.92 Å². The van der Waals surface area contributed by atoms with Crippen LogP contribution in [0.5, 0.6) is 0 Å². The first-order valence-corrected chi connectivity index (χ1v) is 9.06. The predicted molar refractivity (Wildman–Crippen MR) is 93.7 cm³/mol. The maximum Gasteiger partial charge on any atom is 0.317 e. The number of ether oxygens (including phenoxy) is 2. The lowest BCUT2D eigenvalue weighted by molar-refractivity contribution is -0.0157. The lowest BCUT2D eigenvalue weighted by Crippen LogP contribution is -2.48. The van der Waals surface area contributed by atoms with Crippen molar-refractivity contribution in [3.05, 3.63) is 33.8 Å². The quantitative estimate of drug-likeness (QED) is 0.882. The zero-order valence-electron chi connectivity index (χ0n) is 13.5. The highest BCUT2D eigenvalue weighted by Crippen LogP contribution is 2.29. The third kappa shape index (κ3) is 4.54. The number of carbonyl (C=O) groups excluding carboxylic acids is 1. The van der Waals surface area contributed by atoms with E-state index < -0.39 is 0 Å². The number of amides is 2. The van der Waals surface area contributed by atoms with Gasteiger partial charge in [0, 0.05) is 26.3 Å². The van der Waals surface area contributed by atoms with E-state index >= 15 is 0 Å². The molecule has 2 amide bonds. The Morgan fingerprint density at radius 2 is 2.00 bits per heavy atom. The highest BCUT2D eigenvalue weighted by atomic mass is 35.5. The zero-order chi connectivity index (χ0) is 16.9. The molecule has 0 radical (unpaired) electrons. The minimum Gasteiger partial charge on any atom is -0.381 e. The van der Waals surface area contributed by atoms with Gasteiger partial charge in [0.15, 0.2) is 0 Å². The number of morpholine rings is 1. The number of nitrogens with zero attached hydrogens (tertiary/aromatic N) is 1. The van der Waals surface area contributed by atoms with E-state index in [0.29, 0.717) is 42.2 Å². The monoisotopic (exact) mass is 372 g/mol. The Bertz CT molecular complexity index is 579. The first kappa shape index (κ1) is 17.8. The average Bonchev–Trinajstić information content (AvgIpc) is 2.63. The van der Waals surface area contributed by atoms with E-state index in [0.717, 1.165) is 31.6 Å². The van der Waals surface area contributed by atoms with Crippen LogP contribution in [0.2, 0.25) is 10.0 Å². The minimum atomic E-state index is -0.178. The lowest BCUT2D eigenvalue weighted by Gasteiger charge is -2.34. The summed E-state index contributed by atoms with van der Waals surface area (Å²) >= 11 is 12.0. The van der Waals surface area contributed by atoms with Crippen molar-refractivity contribution in [3.63, 3.8) is 0 Å². The molecule has 0 bridgehead atoms. The molecule has 7 heteroatoms. The Morgan fingerprint density at radius 3 is 2.75 bits per heavy atom. The Labute approximate surface area is 152 Å². The molecule has 0 saturated carbocycles. The number of rotatable bonds is 3. The highest BCUT2D eigenvalue weighted by molar-refractivity contribution is 6.42. The van der Waals surface area contributed by atoms with Crippen molar-refractivity contribution >= 4 is 29.2 Å². The summed E-state index contributed by atoms with van der Waals surface area (Å²) in [5.41, 5.74) is 0.936. The minimum absolute atomic E-state index is 0.0325. The van der Waals surface area contributed by atoms with Crippen molar-refractivity contribution in [3.8, 4) is 0 Å². The van der Waals surface area contributed by atoms with Crippen molar-refractivity contribution in [2.45, 2.75) is 18.9 Å². The summed E-state index contributed by atoms with van der Waals surface area (Å²) in [7, 11) is 0. The van der Waals surface area contributed by atoms with E-state index in [2.05, 4.69) is 5.32 Å². The Hall–Kier alpha value is -1.01. The van der Waals surface area contributed by atoms with Gasteiger partial charge >= 0.3 is 6.03 Å². The summed E-state index contributed by atoms with van der Waals surface area (Å²) in [4.78, 5) is 14.2. The Morgan fingerprint density at radius 1 is 1.21 bits per heavy atom. The van der Waals surface area contributed by atoms with Gasteiger partial charge in [0.05, 0.1) is 23.2 Å². The van der Waals surface area contributed by atoms with Crippen LogP contribution in [0.25, 0.3) is 0 Å². The summed E-state index contributed by atoms with van der Waals surface area (Å²) in [6, 6.07) is 5.42. The molecule has 2 heterocycles. The SMILES string of the molecule is O=C(NCC1CCOCC1)N1CCO[C@H](c2ccc(Cl)c(Cl)c2)C1. The third-order valence-corrected chi connectivity index (χ3v) is 5.29. The molecule has 1 aromatic rings. The van der Waals surface area contributed by atoms with Gasteiger partial charge in [-0.1, -0.05) is 29.3 Å². The first-order valence-electron chi connectivity index (χ1n) is 8.30. The molecular weight excluding hydrogens is 351 g/mol. The average molecular weight is 373 g/mol. The van der Waals surface area contributed by atoms with E-state index in [-0.39, 0.29) is 12.1 Å². The van der Waals surface area contributed by atoms with Crippen molar-refractivity contribution < 1.29 is 14.3 Å². The number of nitrogens with one attached hydrogen (secondary N) is 1. The van der Waals surface area contributed by atoms with E-state index in [1.807, 2.05) is 6.07 Å². The van der Waals surface area contributed by atoms with Crippen LogP contribution >= 0.6 is 23.2 Å². The molecule has 3 rings (SSSR count). The third-order valence-electron chi connectivity index (χ3n) is 4.55. The smallest absolute Gasteiger partial charge is 0.317 e. The molecular formula is C17H22Cl2N2O3. The van der Waals surface area contributed by atoms with Crippen LogP contribution in [0.15, 0.2) is 18.2 Å². The van der Waals surface area contributed by atoms with Crippen molar-refractivity contribution in [1.29, 1.82) is 0 Å². The summed E-state index contributed by atoms with van der Waals surface area (Å²) in [5, 5.41) is 4.06. The van der Waals surface area contributed by atoms with Crippen LogP contribution in [0.3, 0.4) is 0 Å². The van der Waals surface area contributed by atoms with Gasteiger partial charge in [0.2, 0.25) is 0 Å². The fourth-order valence-corrected chi connectivity index (χ4v) is 3.35. The van der Waals surface area contributed by atoms with E-state index in [4.69, 9.17) is 32.7 Å². The summed E-state index contributed by atoms with van der Waals surface area (Å²) in [5.74, 6) is 0.509. The van der Waals surface area contributed by atoms with Gasteiger partial charge in [0.25, 0.3) is 0 Å². The van der Waals surface area contributed by atoms with Gasteiger partial charge in [-0.25, -0.2) is 4.79 Å². The molecule has 5 nitrogen and oxygen atoms in total. The number of benzene rings is 1. The lowest BCUT2D eigenvalue weighted by atomic mass is 10.0. The van der Waals surface area contributed by atoms with Crippen molar-refractivity contribution in [2.75, 3.05) is 39.5 Å². The van der Waals surface area contributed by atoms with Gasteiger partial charge in [-0.15, -0.1) is 0 Å². The van der Waals surface area contributed by atoms with E-state index in [9.17, 15) is 4.79 Å². The normalized spacial score (nSPS) is 22.4. The molecule has 2 fully saturated rings. The van der Waals surface area contributed by atoms with Gasteiger partial charge in [-0.2, -0.15) is 0 Å². The summed E-state index contributed by atoms with van der Waals surface area (Å²) in [6.45, 7) is 3.90. The molecule has 0 unspecified atom stereocenters. The van der Waals surface area contributed by atoms with Crippen LogP contribution in [0.1, 0.15) is 24.5 Å². The van der Waals surface area contributed by atoms with E-state index in [1.165, 1.54) is 0 Å². The van der Waals surface area contributed by atoms with Gasteiger partial charge in [-0.3, -0.25) is 0 Å². The number of halogens is 2. The second-order valence-electron chi connectivity index (χ2n) is 6.22. The molecule has 0 spiro atoms. The van der Waals surface area contributed by atoms with Crippen LogP contribution in [-0.4, -0.2) is 50.4 Å². The molecule has 2 saturated heterocycles. The number of hydrogen-bond donors (Lipinski definition) is 1. The topological polar surface area (TPSA) is 50.8 Å². The largest absolute Gasteiger partial charge is 0.381 e. The van der Waals surface area contributed by atoms with Gasteiger partial charge in [0.1, 0.15) is 6.10 Å². The number of hydrogen-bond acceptors (Lipinski definition) is 3. The number of carbonyl (C=O) groups is 1. The van der Waals surface area contributed by atoms with Crippen LogP contribution in [0.4, 0.5) is 4.79 Å². The van der Waals surface area contributed by atoms with Gasteiger partial charge < -0.3 is 19.7 Å². The molecule has 0 aliphatic carbocycles. The molecule has 132 valence electrons. The zero-order valence-corrected chi connectivity index (χ0v) is 15.0. The van der Waals surface area contributed by atoms with Crippen LogP contribution < -0.4 is 5.32 Å². The van der Waals surface area contributed by atoms with Gasteiger partial charge in [-0.05, 0) is 36.5 Å². The Kier molecular flexibility index (Phi) is 6.22. The highest BCUT2D eigenvalue weighted by Gasteiger charge is 2.26. The first-order chi connectivity index (χ1) is 11.6. The molecule has 0 aromatic heterocycles. The summed E-state index contributed by atoms with van der Waals surface area (Å²) < 4.78 is 11.1. The summed E-state index contributed by atoms with van der Waals surface area (Å²) in [6.07, 6.45) is 1.84. The Balaban J connectivity index is 1.54. The fourth-order valence-electron chi connectivity index (χ4n) is 3.04. The number of urea groups is 1. The van der Waals surface area contributed by atoms with Crippen LogP contribution in [-0.2, 0) is 9.47 Å². The molecule has 2 aliphatic rings. The second kappa shape index (κ2) is 8.39. The maximum atomic E-state index is 12.4. The standard InChI is InChI=1S/C17H22Cl2N2O3/c18-14-2-1-13(9-15(14)19)16-11-21(5-8-24-16)17(22)20-10-12-3-6-23-7-4-12/h1-2,9,12,16H,3-8,10-11H2,(H,20,22)/t16-/m0/s1.